The van der Waals surface area contributed by atoms with Crippen molar-refractivity contribution in [1.29, 1.82) is 0 Å². The third kappa shape index (κ3) is 2.19. The Morgan fingerprint density at radius 3 is 2.91 bits per heavy atom. The minimum Gasteiger partial charge on any atom is -0.342 e. The van der Waals surface area contributed by atoms with Crippen molar-refractivity contribution in [1.82, 2.24) is 4.90 Å². The summed E-state index contributed by atoms with van der Waals surface area (Å²) in [7, 11) is 0. The minimum atomic E-state index is 0.219. The lowest BCUT2D eigenvalue weighted by molar-refractivity contribution is -0.130. The van der Waals surface area contributed by atoms with Gasteiger partial charge in [-0.05, 0) is 12.3 Å². The number of carbonyl (C=O) groups excluding carboxylic acids is 1. The van der Waals surface area contributed by atoms with E-state index in [0.29, 0.717) is 18.9 Å². The van der Waals surface area contributed by atoms with E-state index in [1.807, 2.05) is 4.90 Å². The van der Waals surface area contributed by atoms with Gasteiger partial charge in [-0.25, -0.2) is 0 Å². The largest absolute Gasteiger partial charge is 0.342 e. The number of hydrogen-bond acceptors (Lipinski definition) is 2. The van der Waals surface area contributed by atoms with Crippen LogP contribution in [0, 0.1) is 5.92 Å². The van der Waals surface area contributed by atoms with E-state index in [4.69, 9.17) is 5.73 Å². The van der Waals surface area contributed by atoms with E-state index in [2.05, 4.69) is 6.92 Å². The Morgan fingerprint density at radius 2 is 2.45 bits per heavy atom. The summed E-state index contributed by atoms with van der Waals surface area (Å²) in [4.78, 5) is 13.2. The lowest BCUT2D eigenvalue weighted by Gasteiger charge is -2.14. The Kier molecular flexibility index (Phi) is 2.88. The molecule has 2 N–H and O–H groups in total. The summed E-state index contributed by atoms with van der Waals surface area (Å²) in [5.74, 6) is 0.897. The fourth-order valence-electron chi connectivity index (χ4n) is 1.44. The highest BCUT2D eigenvalue weighted by atomic mass is 16.2. The maximum atomic E-state index is 11.2. The van der Waals surface area contributed by atoms with Crippen LogP contribution < -0.4 is 5.73 Å². The first-order valence-corrected chi connectivity index (χ1v) is 4.22. The maximum absolute atomic E-state index is 11.2. The molecule has 1 atom stereocenters. The van der Waals surface area contributed by atoms with Crippen LogP contribution in [0.2, 0.25) is 0 Å². The zero-order chi connectivity index (χ0) is 8.27. The Bertz CT molecular complexity index is 147. The molecule has 0 radical (unpaired) electrons. The Morgan fingerprint density at radius 1 is 1.73 bits per heavy atom. The van der Waals surface area contributed by atoms with Gasteiger partial charge in [-0.3, -0.25) is 4.79 Å². The summed E-state index contributed by atoms with van der Waals surface area (Å²) in [5, 5.41) is 0. The summed E-state index contributed by atoms with van der Waals surface area (Å²) in [5.41, 5.74) is 5.28. The predicted octanol–water partition coefficient (Wildman–Crippen LogP) is 0.204. The van der Waals surface area contributed by atoms with Crippen molar-refractivity contribution in [2.45, 2.75) is 19.8 Å². The van der Waals surface area contributed by atoms with Gasteiger partial charge < -0.3 is 10.6 Å². The standard InChI is InChI=1S/C8H16N2O/c1-7-3-5-10(6-7)8(11)2-4-9/h7H,2-6,9H2,1H3/t7-/m1/s1. The molecule has 1 heterocycles. The molecule has 0 aromatic heterocycles. The quantitative estimate of drug-likeness (QED) is 0.621. The molecule has 0 spiro atoms. The number of nitrogens with zero attached hydrogens (tertiary/aromatic N) is 1. The van der Waals surface area contributed by atoms with Crippen molar-refractivity contribution in [2.24, 2.45) is 11.7 Å². The summed E-state index contributed by atoms with van der Waals surface area (Å²) < 4.78 is 0. The second kappa shape index (κ2) is 3.72. The molecule has 1 amide bonds. The van der Waals surface area contributed by atoms with Gasteiger partial charge in [0.2, 0.25) is 5.91 Å². The van der Waals surface area contributed by atoms with Gasteiger partial charge in [0.1, 0.15) is 0 Å². The van der Waals surface area contributed by atoms with Gasteiger partial charge >= 0.3 is 0 Å². The molecular formula is C8H16N2O. The fourth-order valence-corrected chi connectivity index (χ4v) is 1.44. The second-order valence-corrected chi connectivity index (χ2v) is 3.27. The van der Waals surface area contributed by atoms with E-state index in [1.54, 1.807) is 0 Å². The molecule has 1 fully saturated rings. The van der Waals surface area contributed by atoms with Crippen LogP contribution in [0.25, 0.3) is 0 Å². The van der Waals surface area contributed by atoms with Crippen LogP contribution in [0.5, 0.6) is 0 Å². The number of carbonyl (C=O) groups is 1. The van der Waals surface area contributed by atoms with Crippen molar-refractivity contribution >= 4 is 5.91 Å². The van der Waals surface area contributed by atoms with Crippen molar-refractivity contribution in [2.75, 3.05) is 19.6 Å². The average Bonchev–Trinajstić information content (AvgIpc) is 2.36. The van der Waals surface area contributed by atoms with E-state index >= 15 is 0 Å². The lowest BCUT2D eigenvalue weighted by atomic mass is 10.2. The average molecular weight is 156 g/mol. The Balaban J connectivity index is 2.31. The monoisotopic (exact) mass is 156 g/mol. The van der Waals surface area contributed by atoms with Crippen LogP contribution in [0.15, 0.2) is 0 Å². The van der Waals surface area contributed by atoms with Crippen LogP contribution in [0.3, 0.4) is 0 Å². The highest BCUT2D eigenvalue weighted by molar-refractivity contribution is 5.76. The zero-order valence-electron chi connectivity index (χ0n) is 7.05. The fraction of sp³-hybridized carbons (Fsp3) is 0.875. The highest BCUT2D eigenvalue weighted by Crippen LogP contribution is 2.15. The molecular weight excluding hydrogens is 140 g/mol. The first-order chi connectivity index (χ1) is 5.24. The van der Waals surface area contributed by atoms with Gasteiger partial charge in [0, 0.05) is 26.1 Å². The Hall–Kier alpha value is -0.570. The summed E-state index contributed by atoms with van der Waals surface area (Å²) in [6, 6.07) is 0. The molecule has 0 aromatic carbocycles. The van der Waals surface area contributed by atoms with Crippen LogP contribution >= 0.6 is 0 Å². The molecule has 1 aliphatic rings. The third-order valence-corrected chi connectivity index (χ3v) is 2.13. The first kappa shape index (κ1) is 8.53. The Labute approximate surface area is 67.5 Å². The van der Waals surface area contributed by atoms with E-state index in [9.17, 15) is 4.79 Å². The topological polar surface area (TPSA) is 46.3 Å². The van der Waals surface area contributed by atoms with Crippen LogP contribution in [0.4, 0.5) is 0 Å². The van der Waals surface area contributed by atoms with Gasteiger partial charge in [-0.15, -0.1) is 0 Å². The second-order valence-electron chi connectivity index (χ2n) is 3.27. The summed E-state index contributed by atoms with van der Waals surface area (Å²) in [6.07, 6.45) is 1.66. The van der Waals surface area contributed by atoms with Crippen molar-refractivity contribution in [3.63, 3.8) is 0 Å². The molecule has 0 bridgehead atoms. The van der Waals surface area contributed by atoms with Gasteiger partial charge in [-0.2, -0.15) is 0 Å². The van der Waals surface area contributed by atoms with E-state index in [-0.39, 0.29) is 5.91 Å². The van der Waals surface area contributed by atoms with Crippen LogP contribution in [-0.2, 0) is 4.79 Å². The predicted molar refractivity (Wildman–Crippen MR) is 44.0 cm³/mol. The van der Waals surface area contributed by atoms with Crippen LogP contribution in [0.1, 0.15) is 19.8 Å². The molecule has 0 unspecified atom stereocenters. The molecule has 1 aliphatic heterocycles. The van der Waals surface area contributed by atoms with Crippen molar-refractivity contribution in [3.05, 3.63) is 0 Å². The molecule has 3 nitrogen and oxygen atoms in total. The molecule has 3 heteroatoms. The van der Waals surface area contributed by atoms with Gasteiger partial charge in [0.05, 0.1) is 0 Å². The number of nitrogens with two attached hydrogens (primary N) is 1. The SMILES string of the molecule is C[C@@H]1CCN(C(=O)CCN)C1. The van der Waals surface area contributed by atoms with E-state index in [1.165, 1.54) is 0 Å². The highest BCUT2D eigenvalue weighted by Gasteiger charge is 2.21. The summed E-state index contributed by atoms with van der Waals surface area (Å²) >= 11 is 0. The van der Waals surface area contributed by atoms with Gasteiger partial charge in [0.25, 0.3) is 0 Å². The minimum absolute atomic E-state index is 0.219. The molecule has 0 aromatic rings. The maximum Gasteiger partial charge on any atom is 0.223 e. The number of hydrogen-bond donors (Lipinski definition) is 1. The number of rotatable bonds is 2. The summed E-state index contributed by atoms with van der Waals surface area (Å²) in [6.45, 7) is 4.51. The van der Waals surface area contributed by atoms with Crippen molar-refractivity contribution in [3.8, 4) is 0 Å². The number of likely N-dealkylation sites (tertiary alicyclic amines) is 1. The first-order valence-electron chi connectivity index (χ1n) is 4.22. The molecule has 11 heavy (non-hydrogen) atoms. The van der Waals surface area contributed by atoms with Crippen LogP contribution in [-0.4, -0.2) is 30.4 Å². The molecule has 1 saturated heterocycles. The number of amides is 1. The third-order valence-electron chi connectivity index (χ3n) is 2.13. The lowest BCUT2D eigenvalue weighted by Crippen LogP contribution is -2.29. The molecule has 1 rings (SSSR count). The smallest absolute Gasteiger partial charge is 0.223 e. The van der Waals surface area contributed by atoms with E-state index in [0.717, 1.165) is 19.5 Å². The zero-order valence-corrected chi connectivity index (χ0v) is 7.05. The normalized spacial score (nSPS) is 24.2. The van der Waals surface area contributed by atoms with E-state index < -0.39 is 0 Å². The van der Waals surface area contributed by atoms with Gasteiger partial charge in [0.15, 0.2) is 0 Å². The molecule has 0 saturated carbocycles. The van der Waals surface area contributed by atoms with Gasteiger partial charge in [-0.1, -0.05) is 6.92 Å². The van der Waals surface area contributed by atoms with Crippen molar-refractivity contribution < 1.29 is 4.79 Å². The molecule has 64 valence electrons. The molecule has 0 aliphatic carbocycles.